The summed E-state index contributed by atoms with van der Waals surface area (Å²) in [6, 6.07) is 6.82. The second-order valence-corrected chi connectivity index (χ2v) is 4.44. The maximum atomic E-state index is 12.1. The Morgan fingerprint density at radius 3 is 2.75 bits per heavy atom. The lowest BCUT2D eigenvalue weighted by atomic mass is 10.2. The molecule has 0 saturated carbocycles. The molecule has 0 aliphatic rings. The molecule has 0 radical (unpaired) electrons. The van der Waals surface area contributed by atoms with Gasteiger partial charge >= 0.3 is 0 Å². The summed E-state index contributed by atoms with van der Waals surface area (Å²) in [6.07, 6.45) is 3.11. The molecule has 1 N–H and O–H groups in total. The van der Waals surface area contributed by atoms with Crippen LogP contribution in [0.25, 0.3) is 0 Å². The van der Waals surface area contributed by atoms with Crippen molar-refractivity contribution in [3.8, 4) is 5.75 Å². The van der Waals surface area contributed by atoms with E-state index in [0.29, 0.717) is 22.0 Å². The van der Waals surface area contributed by atoms with E-state index in [-0.39, 0.29) is 18.3 Å². The van der Waals surface area contributed by atoms with Crippen LogP contribution in [0, 0.1) is 6.92 Å². The van der Waals surface area contributed by atoms with E-state index in [2.05, 4.69) is 10.3 Å². The molecule has 0 aliphatic heterocycles. The molecule has 0 aliphatic carbocycles. The number of rotatable bonds is 3. The van der Waals surface area contributed by atoms with E-state index in [9.17, 15) is 4.79 Å². The summed E-state index contributed by atoms with van der Waals surface area (Å²) < 4.78 is 5.28. The Morgan fingerprint density at radius 2 is 2.15 bits per heavy atom. The van der Waals surface area contributed by atoms with Crippen LogP contribution < -0.4 is 10.1 Å². The molecule has 1 aromatic carbocycles. The Hall–Kier alpha value is -1.78. The van der Waals surface area contributed by atoms with E-state index in [0.717, 1.165) is 5.56 Å². The highest BCUT2D eigenvalue weighted by atomic mass is 35.5. The monoisotopic (exact) mass is 312 g/mol. The molecule has 4 nitrogen and oxygen atoms in total. The molecular weight excluding hydrogens is 299 g/mol. The van der Waals surface area contributed by atoms with Crippen molar-refractivity contribution in [2.45, 2.75) is 6.92 Å². The Bertz CT molecular complexity index is 604. The Morgan fingerprint density at radius 1 is 1.40 bits per heavy atom. The van der Waals surface area contributed by atoms with E-state index < -0.39 is 0 Å². The van der Waals surface area contributed by atoms with Gasteiger partial charge in [-0.2, -0.15) is 0 Å². The van der Waals surface area contributed by atoms with Crippen molar-refractivity contribution in [1.29, 1.82) is 0 Å². The van der Waals surface area contributed by atoms with E-state index in [4.69, 9.17) is 16.3 Å². The van der Waals surface area contributed by atoms with Gasteiger partial charge in [-0.25, -0.2) is 0 Å². The lowest BCUT2D eigenvalue weighted by molar-refractivity contribution is 0.102. The maximum Gasteiger partial charge on any atom is 0.257 e. The number of halogens is 2. The standard InChI is InChI=1S/C14H13ClN2O2.ClH/c1-9-6-11(15)7-12(13(9)19-2)17-14(18)10-4-3-5-16-8-10;/h3-8H,1-2H3,(H,17,18);1H. The van der Waals surface area contributed by atoms with Gasteiger partial charge in [-0.3, -0.25) is 9.78 Å². The minimum Gasteiger partial charge on any atom is -0.494 e. The number of nitrogens with one attached hydrogen (secondary N) is 1. The van der Waals surface area contributed by atoms with Gasteiger partial charge in [0.05, 0.1) is 18.4 Å². The smallest absolute Gasteiger partial charge is 0.257 e. The Labute approximate surface area is 128 Å². The second kappa shape index (κ2) is 7.12. The van der Waals surface area contributed by atoms with Crippen molar-refractivity contribution in [1.82, 2.24) is 4.98 Å². The number of pyridine rings is 1. The van der Waals surface area contributed by atoms with Gasteiger partial charge in [-0.15, -0.1) is 12.4 Å². The average molecular weight is 313 g/mol. The van der Waals surface area contributed by atoms with Crippen molar-refractivity contribution in [3.63, 3.8) is 0 Å². The molecular formula is C14H14Cl2N2O2. The number of amides is 1. The number of hydrogen-bond donors (Lipinski definition) is 1. The van der Waals surface area contributed by atoms with Crippen LogP contribution >= 0.6 is 24.0 Å². The third kappa shape index (κ3) is 3.62. The third-order valence-electron chi connectivity index (χ3n) is 2.62. The first-order valence-corrected chi connectivity index (χ1v) is 6.05. The van der Waals surface area contributed by atoms with Crippen molar-refractivity contribution < 1.29 is 9.53 Å². The summed E-state index contributed by atoms with van der Waals surface area (Å²) in [5.41, 5.74) is 1.88. The molecule has 20 heavy (non-hydrogen) atoms. The first kappa shape index (κ1) is 16.3. The van der Waals surface area contributed by atoms with Gasteiger partial charge in [-0.05, 0) is 36.8 Å². The number of methoxy groups -OCH3 is 1. The highest BCUT2D eigenvalue weighted by Gasteiger charge is 2.12. The van der Waals surface area contributed by atoms with Crippen LogP contribution in [0.3, 0.4) is 0 Å². The van der Waals surface area contributed by atoms with Crippen molar-refractivity contribution >= 4 is 35.6 Å². The summed E-state index contributed by atoms with van der Waals surface area (Å²) in [4.78, 5) is 16.0. The number of benzene rings is 1. The lowest BCUT2D eigenvalue weighted by Gasteiger charge is -2.13. The van der Waals surface area contributed by atoms with Gasteiger partial charge in [-0.1, -0.05) is 11.6 Å². The molecule has 0 spiro atoms. The van der Waals surface area contributed by atoms with Crippen LogP contribution in [0.1, 0.15) is 15.9 Å². The molecule has 6 heteroatoms. The summed E-state index contributed by atoms with van der Waals surface area (Å²) in [5, 5.41) is 3.31. The molecule has 1 amide bonds. The highest BCUT2D eigenvalue weighted by molar-refractivity contribution is 6.31. The molecule has 0 fully saturated rings. The fraction of sp³-hybridized carbons (Fsp3) is 0.143. The first-order valence-electron chi connectivity index (χ1n) is 5.67. The molecule has 2 aromatic rings. The summed E-state index contributed by atoms with van der Waals surface area (Å²) in [5.74, 6) is 0.342. The molecule has 1 heterocycles. The fourth-order valence-electron chi connectivity index (χ4n) is 1.79. The number of hydrogen-bond acceptors (Lipinski definition) is 3. The number of carbonyl (C=O) groups excluding carboxylic acids is 1. The normalized spacial score (nSPS) is 9.55. The van der Waals surface area contributed by atoms with Gasteiger partial charge in [0, 0.05) is 17.4 Å². The molecule has 2 rings (SSSR count). The maximum absolute atomic E-state index is 12.1. The number of aryl methyl sites for hydroxylation is 1. The van der Waals surface area contributed by atoms with Crippen molar-refractivity contribution in [2.75, 3.05) is 12.4 Å². The minimum absolute atomic E-state index is 0. The number of carbonyl (C=O) groups is 1. The third-order valence-corrected chi connectivity index (χ3v) is 2.83. The highest BCUT2D eigenvalue weighted by Crippen LogP contribution is 2.32. The summed E-state index contributed by atoms with van der Waals surface area (Å²) in [7, 11) is 1.55. The SMILES string of the molecule is COc1c(C)cc(Cl)cc1NC(=O)c1cccnc1.Cl. The Kier molecular flexibility index (Phi) is 5.80. The molecule has 0 bridgehead atoms. The zero-order chi connectivity index (χ0) is 13.8. The lowest BCUT2D eigenvalue weighted by Crippen LogP contribution is -2.13. The first-order chi connectivity index (χ1) is 9.11. The summed E-state index contributed by atoms with van der Waals surface area (Å²) >= 11 is 5.99. The molecule has 0 unspecified atom stereocenters. The average Bonchev–Trinajstić information content (AvgIpc) is 2.39. The van der Waals surface area contributed by atoms with Crippen molar-refractivity contribution in [3.05, 3.63) is 52.8 Å². The van der Waals surface area contributed by atoms with E-state index in [1.54, 1.807) is 37.6 Å². The summed E-state index contributed by atoms with van der Waals surface area (Å²) in [6.45, 7) is 1.87. The van der Waals surface area contributed by atoms with E-state index in [1.807, 2.05) is 6.92 Å². The number of ether oxygens (including phenoxy) is 1. The number of aromatic nitrogens is 1. The van der Waals surface area contributed by atoms with Crippen LogP contribution in [0.15, 0.2) is 36.7 Å². The zero-order valence-corrected chi connectivity index (χ0v) is 12.6. The Balaban J connectivity index is 0.00000200. The predicted octanol–water partition coefficient (Wildman–Crippen LogP) is 3.73. The second-order valence-electron chi connectivity index (χ2n) is 4.00. The van der Waals surface area contributed by atoms with Gasteiger partial charge in [0.25, 0.3) is 5.91 Å². The fourth-order valence-corrected chi connectivity index (χ4v) is 2.06. The molecule has 0 saturated heterocycles. The van der Waals surface area contributed by atoms with Gasteiger partial charge in [0.2, 0.25) is 0 Å². The van der Waals surface area contributed by atoms with Crippen LogP contribution in [0.2, 0.25) is 5.02 Å². The number of nitrogens with zero attached hydrogens (tertiary/aromatic N) is 1. The van der Waals surface area contributed by atoms with Crippen molar-refractivity contribution in [2.24, 2.45) is 0 Å². The van der Waals surface area contributed by atoms with Crippen LogP contribution in [0.5, 0.6) is 5.75 Å². The van der Waals surface area contributed by atoms with E-state index >= 15 is 0 Å². The molecule has 0 atom stereocenters. The van der Waals surface area contributed by atoms with Gasteiger partial charge in [0.15, 0.2) is 0 Å². The molecule has 106 valence electrons. The largest absolute Gasteiger partial charge is 0.494 e. The minimum atomic E-state index is -0.256. The topological polar surface area (TPSA) is 51.2 Å². The van der Waals surface area contributed by atoms with Crippen LogP contribution in [-0.4, -0.2) is 18.0 Å². The van der Waals surface area contributed by atoms with Gasteiger partial charge < -0.3 is 10.1 Å². The van der Waals surface area contributed by atoms with E-state index in [1.165, 1.54) is 6.20 Å². The predicted molar refractivity (Wildman–Crippen MR) is 82.2 cm³/mol. The van der Waals surface area contributed by atoms with Crippen LogP contribution in [0.4, 0.5) is 5.69 Å². The molecule has 1 aromatic heterocycles. The van der Waals surface area contributed by atoms with Gasteiger partial charge in [0.1, 0.15) is 5.75 Å². The number of anilines is 1. The zero-order valence-electron chi connectivity index (χ0n) is 11.0. The van der Waals surface area contributed by atoms with Crippen LogP contribution in [-0.2, 0) is 0 Å². The quantitative estimate of drug-likeness (QED) is 0.939.